The predicted molar refractivity (Wildman–Crippen MR) is 116 cm³/mol. The van der Waals surface area contributed by atoms with Crippen LogP contribution in [0.15, 0.2) is 54.7 Å². The molecule has 0 saturated heterocycles. The molecule has 0 unspecified atom stereocenters. The zero-order valence-corrected chi connectivity index (χ0v) is 16.9. The van der Waals surface area contributed by atoms with E-state index < -0.39 is 0 Å². The van der Waals surface area contributed by atoms with Crippen molar-refractivity contribution in [2.45, 2.75) is 20.8 Å². The van der Waals surface area contributed by atoms with Crippen molar-refractivity contribution in [3.63, 3.8) is 0 Å². The number of hydrogen-bond acceptors (Lipinski definition) is 6. The van der Waals surface area contributed by atoms with E-state index in [4.69, 9.17) is 4.74 Å². The highest BCUT2D eigenvalue weighted by Gasteiger charge is 2.07. The average Bonchev–Trinajstić information content (AvgIpc) is 2.71. The zero-order valence-electron chi connectivity index (χ0n) is 16.9. The summed E-state index contributed by atoms with van der Waals surface area (Å²) in [5.41, 5.74) is 4.28. The van der Waals surface area contributed by atoms with Crippen LogP contribution in [-0.4, -0.2) is 30.2 Å². The molecule has 2 N–H and O–H groups in total. The first kappa shape index (κ1) is 19.5. The largest absolute Gasteiger partial charge is 0.497 e. The number of rotatable bonds is 8. The molecule has 0 atom stereocenters. The number of aryl methyl sites for hydroxylation is 1. The number of nitrogens with one attached hydrogen (secondary N) is 2. The van der Waals surface area contributed by atoms with Crippen LogP contribution in [0, 0.1) is 6.92 Å². The van der Waals surface area contributed by atoms with Gasteiger partial charge in [0.1, 0.15) is 11.6 Å². The van der Waals surface area contributed by atoms with Crippen molar-refractivity contribution in [1.82, 2.24) is 9.97 Å². The summed E-state index contributed by atoms with van der Waals surface area (Å²) in [6.45, 7) is 8.40. The summed E-state index contributed by atoms with van der Waals surface area (Å²) in [6.07, 6.45) is 1.73. The highest BCUT2D eigenvalue weighted by molar-refractivity contribution is 5.65. The van der Waals surface area contributed by atoms with E-state index in [2.05, 4.69) is 64.5 Å². The minimum atomic E-state index is 0.548. The Morgan fingerprint density at radius 3 is 2.54 bits per heavy atom. The number of benzene rings is 2. The fourth-order valence-electron chi connectivity index (χ4n) is 3.03. The third kappa shape index (κ3) is 4.71. The molecule has 146 valence electrons. The Balaban J connectivity index is 1.75. The minimum absolute atomic E-state index is 0.548. The molecule has 1 aromatic heterocycles. The Kier molecular flexibility index (Phi) is 6.32. The first-order chi connectivity index (χ1) is 13.6. The highest BCUT2D eigenvalue weighted by atomic mass is 16.5. The lowest BCUT2D eigenvalue weighted by atomic mass is 10.1. The van der Waals surface area contributed by atoms with Crippen LogP contribution < -0.4 is 20.3 Å². The number of anilines is 5. The van der Waals surface area contributed by atoms with Gasteiger partial charge in [-0.15, -0.1) is 0 Å². The first-order valence-electron chi connectivity index (χ1n) is 9.49. The third-order valence-electron chi connectivity index (χ3n) is 4.58. The average molecular weight is 377 g/mol. The molecular formula is C22H27N5O. The highest BCUT2D eigenvalue weighted by Crippen LogP contribution is 2.25. The van der Waals surface area contributed by atoms with Crippen molar-refractivity contribution < 1.29 is 4.74 Å². The number of ether oxygens (including phenoxy) is 1. The molecule has 0 spiro atoms. The molecule has 3 rings (SSSR count). The summed E-state index contributed by atoms with van der Waals surface area (Å²) in [5, 5.41) is 6.60. The maximum absolute atomic E-state index is 5.26. The van der Waals surface area contributed by atoms with Crippen LogP contribution in [0.3, 0.4) is 0 Å². The van der Waals surface area contributed by atoms with Gasteiger partial charge in [-0.05, 0) is 62.7 Å². The molecule has 0 aliphatic rings. The molecule has 0 radical (unpaired) electrons. The SMILES string of the molecule is CCN(CC)c1ccc(Nc2nccc(Nc3cccc(OC)c3)n2)c(C)c1. The van der Waals surface area contributed by atoms with Crippen LogP contribution >= 0.6 is 0 Å². The lowest BCUT2D eigenvalue weighted by Crippen LogP contribution is -2.21. The second-order valence-electron chi connectivity index (χ2n) is 6.42. The van der Waals surface area contributed by atoms with E-state index in [-0.39, 0.29) is 0 Å². The molecular weight excluding hydrogens is 350 g/mol. The van der Waals surface area contributed by atoms with Crippen molar-refractivity contribution in [3.8, 4) is 5.75 Å². The lowest BCUT2D eigenvalue weighted by molar-refractivity contribution is 0.415. The number of methoxy groups -OCH3 is 1. The Labute approximate surface area is 166 Å². The molecule has 0 fully saturated rings. The quantitative estimate of drug-likeness (QED) is 0.568. The van der Waals surface area contributed by atoms with Gasteiger partial charge < -0.3 is 20.3 Å². The Morgan fingerprint density at radius 1 is 1.00 bits per heavy atom. The summed E-state index contributed by atoms with van der Waals surface area (Å²) >= 11 is 0. The van der Waals surface area contributed by atoms with Crippen molar-refractivity contribution >= 4 is 28.8 Å². The fraction of sp³-hybridized carbons (Fsp3) is 0.273. The van der Waals surface area contributed by atoms with Crippen LogP contribution in [0.2, 0.25) is 0 Å². The molecule has 0 saturated carbocycles. The van der Waals surface area contributed by atoms with Crippen molar-refractivity contribution in [3.05, 3.63) is 60.3 Å². The van der Waals surface area contributed by atoms with Gasteiger partial charge in [0, 0.05) is 42.4 Å². The van der Waals surface area contributed by atoms with E-state index in [0.717, 1.165) is 35.8 Å². The summed E-state index contributed by atoms with van der Waals surface area (Å²) in [4.78, 5) is 11.2. The molecule has 6 nitrogen and oxygen atoms in total. The maximum Gasteiger partial charge on any atom is 0.229 e. The standard InChI is InChI=1S/C22H27N5O/c1-5-27(6-2)18-10-11-20(16(3)14-18)25-22-23-13-12-21(26-22)24-17-8-7-9-19(15-17)28-4/h7-15H,5-6H2,1-4H3,(H2,23,24,25,26). The van der Waals surface area contributed by atoms with Crippen molar-refractivity contribution in [2.24, 2.45) is 0 Å². The Hall–Kier alpha value is -3.28. The van der Waals surface area contributed by atoms with Crippen LogP contribution in [0.4, 0.5) is 28.8 Å². The van der Waals surface area contributed by atoms with Crippen LogP contribution in [0.5, 0.6) is 5.75 Å². The topological polar surface area (TPSA) is 62.3 Å². The summed E-state index contributed by atoms with van der Waals surface area (Å²) < 4.78 is 5.26. The smallest absolute Gasteiger partial charge is 0.229 e. The number of hydrogen-bond donors (Lipinski definition) is 2. The second kappa shape index (κ2) is 9.08. The molecule has 0 amide bonds. The number of nitrogens with zero attached hydrogens (tertiary/aromatic N) is 3. The fourth-order valence-corrected chi connectivity index (χ4v) is 3.03. The normalized spacial score (nSPS) is 10.4. The molecule has 0 aliphatic heterocycles. The zero-order chi connectivity index (χ0) is 19.9. The van der Waals surface area contributed by atoms with E-state index in [9.17, 15) is 0 Å². The van der Waals surface area contributed by atoms with Gasteiger partial charge in [0.2, 0.25) is 5.95 Å². The van der Waals surface area contributed by atoms with Gasteiger partial charge in [-0.2, -0.15) is 4.98 Å². The van der Waals surface area contributed by atoms with Gasteiger partial charge >= 0.3 is 0 Å². The molecule has 28 heavy (non-hydrogen) atoms. The molecule has 6 heteroatoms. The van der Waals surface area contributed by atoms with E-state index in [1.807, 2.05) is 30.3 Å². The molecule has 0 aliphatic carbocycles. The molecule has 2 aromatic carbocycles. The monoisotopic (exact) mass is 377 g/mol. The summed E-state index contributed by atoms with van der Waals surface area (Å²) in [5.74, 6) is 2.05. The van der Waals surface area contributed by atoms with Gasteiger partial charge in [-0.1, -0.05) is 6.07 Å². The third-order valence-corrected chi connectivity index (χ3v) is 4.58. The minimum Gasteiger partial charge on any atom is -0.497 e. The summed E-state index contributed by atoms with van der Waals surface area (Å²) in [6, 6.07) is 16.0. The Morgan fingerprint density at radius 2 is 1.82 bits per heavy atom. The second-order valence-corrected chi connectivity index (χ2v) is 6.42. The van der Waals surface area contributed by atoms with Crippen molar-refractivity contribution in [1.29, 1.82) is 0 Å². The van der Waals surface area contributed by atoms with Crippen LogP contribution in [0.25, 0.3) is 0 Å². The first-order valence-corrected chi connectivity index (χ1v) is 9.49. The van der Waals surface area contributed by atoms with E-state index in [0.29, 0.717) is 11.8 Å². The molecule has 3 aromatic rings. The van der Waals surface area contributed by atoms with Crippen LogP contribution in [-0.2, 0) is 0 Å². The Bertz CT molecular complexity index is 924. The van der Waals surface area contributed by atoms with E-state index in [1.54, 1.807) is 13.3 Å². The van der Waals surface area contributed by atoms with Gasteiger partial charge in [-0.3, -0.25) is 0 Å². The number of aromatic nitrogens is 2. The van der Waals surface area contributed by atoms with Gasteiger partial charge in [0.05, 0.1) is 7.11 Å². The van der Waals surface area contributed by atoms with Crippen molar-refractivity contribution in [2.75, 3.05) is 35.7 Å². The summed E-state index contributed by atoms with van der Waals surface area (Å²) in [7, 11) is 1.65. The molecule has 1 heterocycles. The van der Waals surface area contributed by atoms with Gasteiger partial charge in [0.15, 0.2) is 0 Å². The van der Waals surface area contributed by atoms with E-state index in [1.165, 1.54) is 5.69 Å². The molecule has 0 bridgehead atoms. The van der Waals surface area contributed by atoms with Gasteiger partial charge in [0.25, 0.3) is 0 Å². The lowest BCUT2D eigenvalue weighted by Gasteiger charge is -2.22. The van der Waals surface area contributed by atoms with E-state index >= 15 is 0 Å². The van der Waals surface area contributed by atoms with Crippen LogP contribution in [0.1, 0.15) is 19.4 Å². The predicted octanol–water partition coefficient (Wildman–Crippen LogP) is 5.13. The maximum atomic E-state index is 5.26. The van der Waals surface area contributed by atoms with Gasteiger partial charge in [-0.25, -0.2) is 4.98 Å².